The van der Waals surface area contributed by atoms with Crippen molar-refractivity contribution in [2.24, 2.45) is 0 Å². The van der Waals surface area contributed by atoms with Crippen LogP contribution in [-0.2, 0) is 12.7 Å². The number of rotatable bonds is 4. The molecular formula is C15H15ClF3NO. The van der Waals surface area contributed by atoms with E-state index in [1.54, 1.807) is 12.1 Å². The average molecular weight is 318 g/mol. The van der Waals surface area contributed by atoms with Crippen LogP contribution < -0.4 is 5.32 Å². The van der Waals surface area contributed by atoms with Gasteiger partial charge in [0.25, 0.3) is 0 Å². The van der Waals surface area contributed by atoms with Crippen molar-refractivity contribution in [3.05, 3.63) is 46.7 Å². The standard InChI is InChI=1S/C15H15ClF3NO/c1-9(2)20-8-11-4-6-14(21-11)10-3-5-13(16)12(7-10)15(17,18)19/h3-7,9,20H,8H2,1-2H3. The summed E-state index contributed by atoms with van der Waals surface area (Å²) >= 11 is 5.60. The van der Waals surface area contributed by atoms with Gasteiger partial charge in [0.15, 0.2) is 0 Å². The molecule has 0 saturated heterocycles. The van der Waals surface area contributed by atoms with Crippen LogP contribution in [0, 0.1) is 0 Å². The Labute approximate surface area is 125 Å². The van der Waals surface area contributed by atoms with Crippen molar-refractivity contribution in [3.63, 3.8) is 0 Å². The summed E-state index contributed by atoms with van der Waals surface area (Å²) < 4.78 is 44.1. The summed E-state index contributed by atoms with van der Waals surface area (Å²) in [5, 5.41) is 2.86. The average Bonchev–Trinajstić information content (AvgIpc) is 2.84. The summed E-state index contributed by atoms with van der Waals surface area (Å²) in [4.78, 5) is 0. The number of nitrogens with one attached hydrogen (secondary N) is 1. The van der Waals surface area contributed by atoms with E-state index in [4.69, 9.17) is 16.0 Å². The fourth-order valence-electron chi connectivity index (χ4n) is 1.83. The molecule has 114 valence electrons. The normalized spacial score (nSPS) is 12.1. The molecule has 0 saturated carbocycles. The van der Waals surface area contributed by atoms with Crippen LogP contribution in [0.3, 0.4) is 0 Å². The minimum atomic E-state index is -4.48. The third-order valence-corrected chi connectivity index (χ3v) is 3.23. The van der Waals surface area contributed by atoms with Gasteiger partial charge in [-0.15, -0.1) is 0 Å². The van der Waals surface area contributed by atoms with E-state index in [0.29, 0.717) is 29.7 Å². The molecule has 2 nitrogen and oxygen atoms in total. The first kappa shape index (κ1) is 15.9. The first-order valence-electron chi connectivity index (χ1n) is 6.46. The minimum absolute atomic E-state index is 0.297. The van der Waals surface area contributed by atoms with Gasteiger partial charge >= 0.3 is 6.18 Å². The van der Waals surface area contributed by atoms with E-state index in [1.165, 1.54) is 12.1 Å². The lowest BCUT2D eigenvalue weighted by Gasteiger charge is -2.10. The quantitative estimate of drug-likeness (QED) is 0.847. The number of alkyl halides is 3. The monoisotopic (exact) mass is 317 g/mol. The Balaban J connectivity index is 2.26. The van der Waals surface area contributed by atoms with Crippen molar-refractivity contribution in [2.75, 3.05) is 0 Å². The zero-order valence-electron chi connectivity index (χ0n) is 11.6. The lowest BCUT2D eigenvalue weighted by atomic mass is 10.1. The smallest absolute Gasteiger partial charge is 0.417 e. The van der Waals surface area contributed by atoms with Crippen molar-refractivity contribution in [1.82, 2.24) is 5.32 Å². The Kier molecular flexibility index (Phi) is 4.64. The molecular weight excluding hydrogens is 303 g/mol. The highest BCUT2D eigenvalue weighted by atomic mass is 35.5. The first-order chi connectivity index (χ1) is 9.77. The number of benzene rings is 1. The summed E-state index contributed by atoms with van der Waals surface area (Å²) in [5.41, 5.74) is -0.512. The zero-order chi connectivity index (χ0) is 15.6. The van der Waals surface area contributed by atoms with Gasteiger partial charge in [-0.05, 0) is 30.3 Å². The summed E-state index contributed by atoms with van der Waals surface area (Å²) in [6.45, 7) is 4.52. The van der Waals surface area contributed by atoms with E-state index in [0.717, 1.165) is 6.07 Å². The van der Waals surface area contributed by atoms with Crippen molar-refractivity contribution in [2.45, 2.75) is 32.6 Å². The van der Waals surface area contributed by atoms with Crippen LogP contribution in [0.2, 0.25) is 5.02 Å². The number of hydrogen-bond acceptors (Lipinski definition) is 2. The Bertz CT molecular complexity index is 620. The highest BCUT2D eigenvalue weighted by molar-refractivity contribution is 6.31. The molecule has 2 rings (SSSR count). The molecule has 0 spiro atoms. The minimum Gasteiger partial charge on any atom is -0.460 e. The fraction of sp³-hybridized carbons (Fsp3) is 0.333. The van der Waals surface area contributed by atoms with Crippen LogP contribution in [0.15, 0.2) is 34.7 Å². The van der Waals surface area contributed by atoms with E-state index < -0.39 is 11.7 Å². The maximum Gasteiger partial charge on any atom is 0.417 e. The second kappa shape index (κ2) is 6.12. The Hall–Kier alpha value is -1.46. The molecule has 0 aliphatic rings. The zero-order valence-corrected chi connectivity index (χ0v) is 12.3. The molecule has 0 aliphatic heterocycles. The number of halogens is 4. The highest BCUT2D eigenvalue weighted by Crippen LogP contribution is 2.37. The third-order valence-electron chi connectivity index (χ3n) is 2.90. The molecule has 0 radical (unpaired) electrons. The predicted molar refractivity (Wildman–Crippen MR) is 76.1 cm³/mol. The maximum atomic E-state index is 12.8. The topological polar surface area (TPSA) is 25.2 Å². The van der Waals surface area contributed by atoms with Crippen molar-refractivity contribution >= 4 is 11.6 Å². The van der Waals surface area contributed by atoms with Gasteiger partial charge in [-0.25, -0.2) is 0 Å². The van der Waals surface area contributed by atoms with Crippen LogP contribution in [0.1, 0.15) is 25.2 Å². The number of hydrogen-bond donors (Lipinski definition) is 1. The van der Waals surface area contributed by atoms with Crippen molar-refractivity contribution in [3.8, 4) is 11.3 Å². The molecule has 1 N–H and O–H groups in total. The van der Waals surface area contributed by atoms with Gasteiger partial charge in [-0.2, -0.15) is 13.2 Å². The van der Waals surface area contributed by atoms with E-state index >= 15 is 0 Å². The molecule has 2 aromatic rings. The van der Waals surface area contributed by atoms with Crippen LogP contribution in [0.5, 0.6) is 0 Å². The van der Waals surface area contributed by atoms with Crippen LogP contribution >= 0.6 is 11.6 Å². The molecule has 0 unspecified atom stereocenters. The lowest BCUT2D eigenvalue weighted by Crippen LogP contribution is -2.21. The van der Waals surface area contributed by atoms with Gasteiger partial charge in [0.05, 0.1) is 17.1 Å². The largest absolute Gasteiger partial charge is 0.460 e. The van der Waals surface area contributed by atoms with Gasteiger partial charge < -0.3 is 9.73 Å². The molecule has 1 aromatic carbocycles. The number of furan rings is 1. The van der Waals surface area contributed by atoms with Gasteiger partial charge in [0.1, 0.15) is 11.5 Å². The Morgan fingerprint density at radius 1 is 1.19 bits per heavy atom. The lowest BCUT2D eigenvalue weighted by molar-refractivity contribution is -0.137. The molecule has 0 atom stereocenters. The van der Waals surface area contributed by atoms with Crippen LogP contribution in [-0.4, -0.2) is 6.04 Å². The highest BCUT2D eigenvalue weighted by Gasteiger charge is 2.33. The second-order valence-corrected chi connectivity index (χ2v) is 5.40. The molecule has 1 aromatic heterocycles. The molecule has 0 amide bonds. The van der Waals surface area contributed by atoms with Gasteiger partial charge in [-0.3, -0.25) is 0 Å². The predicted octanol–water partition coefficient (Wildman–Crippen LogP) is 5.12. The molecule has 0 aliphatic carbocycles. The molecule has 21 heavy (non-hydrogen) atoms. The third kappa shape index (κ3) is 4.02. The first-order valence-corrected chi connectivity index (χ1v) is 6.84. The summed E-state index contributed by atoms with van der Waals surface area (Å²) in [6.07, 6.45) is -4.48. The maximum absolute atomic E-state index is 12.8. The Morgan fingerprint density at radius 3 is 2.52 bits per heavy atom. The summed E-state index contributed by atoms with van der Waals surface area (Å²) in [5.74, 6) is 1.06. The van der Waals surface area contributed by atoms with E-state index in [2.05, 4.69) is 5.32 Å². The Morgan fingerprint density at radius 2 is 1.90 bits per heavy atom. The second-order valence-electron chi connectivity index (χ2n) is 4.99. The van der Waals surface area contributed by atoms with Crippen molar-refractivity contribution < 1.29 is 17.6 Å². The van der Waals surface area contributed by atoms with Gasteiger partial charge in [0.2, 0.25) is 0 Å². The summed E-state index contributed by atoms with van der Waals surface area (Å²) in [7, 11) is 0. The van der Waals surface area contributed by atoms with Crippen LogP contribution in [0.4, 0.5) is 13.2 Å². The van der Waals surface area contributed by atoms with Gasteiger partial charge in [-0.1, -0.05) is 25.4 Å². The van der Waals surface area contributed by atoms with E-state index in [-0.39, 0.29) is 5.02 Å². The molecule has 0 fully saturated rings. The van der Waals surface area contributed by atoms with E-state index in [1.807, 2.05) is 13.8 Å². The van der Waals surface area contributed by atoms with Gasteiger partial charge in [0, 0.05) is 11.6 Å². The van der Waals surface area contributed by atoms with Crippen molar-refractivity contribution in [1.29, 1.82) is 0 Å². The fourth-order valence-corrected chi connectivity index (χ4v) is 2.05. The van der Waals surface area contributed by atoms with E-state index in [9.17, 15) is 13.2 Å². The molecule has 0 bridgehead atoms. The van der Waals surface area contributed by atoms with Crippen LogP contribution in [0.25, 0.3) is 11.3 Å². The SMILES string of the molecule is CC(C)NCc1ccc(-c2ccc(Cl)c(C(F)(F)F)c2)o1. The molecule has 6 heteroatoms. The molecule has 1 heterocycles. The summed E-state index contributed by atoms with van der Waals surface area (Å²) in [6, 6.07) is 7.43.